The van der Waals surface area contributed by atoms with Crippen molar-refractivity contribution in [3.05, 3.63) is 60.3 Å². The highest BCUT2D eigenvalue weighted by Gasteiger charge is 2.06. The SMILES string of the molecule is Cc1cccc2[nH]cc(-c3ccccc3)c12. The van der Waals surface area contributed by atoms with Crippen molar-refractivity contribution in [3.8, 4) is 11.1 Å². The Balaban J connectivity index is 2.33. The molecule has 78 valence electrons. The maximum Gasteiger partial charge on any atom is 0.0463 e. The lowest BCUT2D eigenvalue weighted by Gasteiger charge is -2.01. The molecule has 1 heteroatoms. The van der Waals surface area contributed by atoms with Crippen molar-refractivity contribution in [3.63, 3.8) is 0 Å². The Morgan fingerprint density at radius 2 is 1.69 bits per heavy atom. The minimum Gasteiger partial charge on any atom is -0.361 e. The van der Waals surface area contributed by atoms with Crippen LogP contribution in [-0.4, -0.2) is 4.98 Å². The fourth-order valence-electron chi connectivity index (χ4n) is 2.21. The highest BCUT2D eigenvalue weighted by Crippen LogP contribution is 2.30. The van der Waals surface area contributed by atoms with Crippen LogP contribution in [0.2, 0.25) is 0 Å². The summed E-state index contributed by atoms with van der Waals surface area (Å²) < 4.78 is 0. The Bertz CT molecular complexity index is 620. The zero-order valence-electron chi connectivity index (χ0n) is 9.20. The molecule has 1 nitrogen and oxygen atoms in total. The van der Waals surface area contributed by atoms with Gasteiger partial charge in [0.05, 0.1) is 0 Å². The third kappa shape index (κ3) is 1.33. The first-order chi connectivity index (χ1) is 7.86. The van der Waals surface area contributed by atoms with Gasteiger partial charge in [-0.2, -0.15) is 0 Å². The van der Waals surface area contributed by atoms with E-state index < -0.39 is 0 Å². The van der Waals surface area contributed by atoms with Gasteiger partial charge in [0, 0.05) is 22.7 Å². The molecule has 0 aliphatic carbocycles. The number of benzene rings is 2. The van der Waals surface area contributed by atoms with Crippen LogP contribution in [0.3, 0.4) is 0 Å². The summed E-state index contributed by atoms with van der Waals surface area (Å²) >= 11 is 0. The van der Waals surface area contributed by atoms with Crippen LogP contribution in [0, 0.1) is 6.92 Å². The Hall–Kier alpha value is -2.02. The van der Waals surface area contributed by atoms with E-state index in [0.29, 0.717) is 0 Å². The van der Waals surface area contributed by atoms with Crippen LogP contribution in [0.1, 0.15) is 5.56 Å². The van der Waals surface area contributed by atoms with Gasteiger partial charge in [0.2, 0.25) is 0 Å². The van der Waals surface area contributed by atoms with Crippen molar-refractivity contribution >= 4 is 10.9 Å². The molecule has 3 rings (SSSR count). The van der Waals surface area contributed by atoms with E-state index in [1.165, 1.54) is 27.6 Å². The highest BCUT2D eigenvalue weighted by atomic mass is 14.7. The Morgan fingerprint density at radius 3 is 2.50 bits per heavy atom. The summed E-state index contributed by atoms with van der Waals surface area (Å²) in [5.41, 5.74) is 5.08. The molecule has 0 fully saturated rings. The molecule has 0 radical (unpaired) electrons. The topological polar surface area (TPSA) is 15.8 Å². The van der Waals surface area contributed by atoms with Gasteiger partial charge in [0.15, 0.2) is 0 Å². The van der Waals surface area contributed by atoms with Gasteiger partial charge in [0.1, 0.15) is 0 Å². The van der Waals surface area contributed by atoms with Crippen LogP contribution in [0.5, 0.6) is 0 Å². The second kappa shape index (κ2) is 3.53. The third-order valence-corrected chi connectivity index (χ3v) is 3.00. The first-order valence-corrected chi connectivity index (χ1v) is 5.48. The van der Waals surface area contributed by atoms with Gasteiger partial charge in [-0.05, 0) is 24.1 Å². The minimum absolute atomic E-state index is 1.21. The van der Waals surface area contributed by atoms with E-state index in [0.717, 1.165) is 0 Å². The van der Waals surface area contributed by atoms with Gasteiger partial charge in [-0.3, -0.25) is 0 Å². The number of hydrogen-bond donors (Lipinski definition) is 1. The summed E-state index contributed by atoms with van der Waals surface area (Å²) in [5.74, 6) is 0. The molecule has 1 aromatic heterocycles. The Labute approximate surface area is 94.7 Å². The molecule has 2 aromatic carbocycles. The van der Waals surface area contributed by atoms with Crippen LogP contribution in [-0.2, 0) is 0 Å². The molecule has 0 amide bonds. The van der Waals surface area contributed by atoms with E-state index in [2.05, 4.69) is 60.6 Å². The molecule has 1 heterocycles. The van der Waals surface area contributed by atoms with Gasteiger partial charge >= 0.3 is 0 Å². The van der Waals surface area contributed by atoms with Gasteiger partial charge in [0.25, 0.3) is 0 Å². The number of nitrogens with one attached hydrogen (secondary N) is 1. The van der Waals surface area contributed by atoms with E-state index in [1.54, 1.807) is 0 Å². The molecule has 0 saturated carbocycles. The average Bonchev–Trinajstić information content (AvgIpc) is 2.75. The monoisotopic (exact) mass is 207 g/mol. The molecular formula is C15H13N. The summed E-state index contributed by atoms with van der Waals surface area (Å²) in [5, 5.41) is 1.33. The maximum absolute atomic E-state index is 3.33. The van der Waals surface area contributed by atoms with E-state index >= 15 is 0 Å². The third-order valence-electron chi connectivity index (χ3n) is 3.00. The molecule has 0 aliphatic rings. The molecule has 0 bridgehead atoms. The van der Waals surface area contributed by atoms with E-state index in [4.69, 9.17) is 0 Å². The molecule has 0 spiro atoms. The van der Waals surface area contributed by atoms with E-state index in [-0.39, 0.29) is 0 Å². The molecule has 16 heavy (non-hydrogen) atoms. The summed E-state index contributed by atoms with van der Waals surface area (Å²) in [6, 6.07) is 16.9. The van der Waals surface area contributed by atoms with Crippen LogP contribution in [0.4, 0.5) is 0 Å². The van der Waals surface area contributed by atoms with E-state index in [1.807, 2.05) is 6.07 Å². The molecule has 0 unspecified atom stereocenters. The van der Waals surface area contributed by atoms with E-state index in [9.17, 15) is 0 Å². The number of aromatic nitrogens is 1. The van der Waals surface area contributed by atoms with Crippen molar-refractivity contribution in [1.82, 2.24) is 4.98 Å². The molecule has 0 saturated heterocycles. The Morgan fingerprint density at radius 1 is 0.875 bits per heavy atom. The molecule has 3 aromatic rings. The van der Waals surface area contributed by atoms with Gasteiger partial charge in [-0.15, -0.1) is 0 Å². The number of hydrogen-bond acceptors (Lipinski definition) is 0. The Kier molecular flexibility index (Phi) is 2.03. The predicted octanol–water partition coefficient (Wildman–Crippen LogP) is 4.14. The van der Waals surface area contributed by atoms with Crippen LogP contribution in [0.25, 0.3) is 22.0 Å². The average molecular weight is 207 g/mol. The maximum atomic E-state index is 3.33. The van der Waals surface area contributed by atoms with Gasteiger partial charge < -0.3 is 4.98 Å². The lowest BCUT2D eigenvalue weighted by atomic mass is 10.0. The first kappa shape index (κ1) is 9.22. The second-order valence-electron chi connectivity index (χ2n) is 4.07. The molecule has 0 aliphatic heterocycles. The molecule has 0 atom stereocenters. The van der Waals surface area contributed by atoms with Crippen molar-refractivity contribution in [1.29, 1.82) is 0 Å². The highest BCUT2D eigenvalue weighted by molar-refractivity contribution is 5.97. The lowest BCUT2D eigenvalue weighted by molar-refractivity contribution is 1.47. The number of rotatable bonds is 1. The van der Waals surface area contributed by atoms with Gasteiger partial charge in [-0.25, -0.2) is 0 Å². The standard InChI is InChI=1S/C15H13N/c1-11-6-5-9-14-15(11)13(10-16-14)12-7-3-2-4-8-12/h2-10,16H,1H3. The summed E-state index contributed by atoms with van der Waals surface area (Å²) in [7, 11) is 0. The van der Waals surface area contributed by atoms with Gasteiger partial charge in [-0.1, -0.05) is 42.5 Å². The van der Waals surface area contributed by atoms with Crippen molar-refractivity contribution in [2.24, 2.45) is 0 Å². The number of fused-ring (bicyclic) bond motifs is 1. The summed E-state index contributed by atoms with van der Waals surface area (Å²) in [6.07, 6.45) is 2.09. The quantitative estimate of drug-likeness (QED) is 0.617. The minimum atomic E-state index is 1.21. The zero-order valence-corrected chi connectivity index (χ0v) is 9.20. The summed E-state index contributed by atoms with van der Waals surface area (Å²) in [6.45, 7) is 2.16. The van der Waals surface area contributed by atoms with Crippen LogP contribution >= 0.6 is 0 Å². The molecule has 1 N–H and O–H groups in total. The van der Waals surface area contributed by atoms with Crippen molar-refractivity contribution < 1.29 is 0 Å². The van der Waals surface area contributed by atoms with Crippen LogP contribution in [0.15, 0.2) is 54.7 Å². The largest absolute Gasteiger partial charge is 0.361 e. The fourth-order valence-corrected chi connectivity index (χ4v) is 2.21. The normalized spacial score (nSPS) is 10.8. The number of aryl methyl sites for hydroxylation is 1. The van der Waals surface area contributed by atoms with Crippen LogP contribution < -0.4 is 0 Å². The van der Waals surface area contributed by atoms with Crippen molar-refractivity contribution in [2.75, 3.05) is 0 Å². The first-order valence-electron chi connectivity index (χ1n) is 5.48. The number of aromatic amines is 1. The molecular weight excluding hydrogens is 194 g/mol. The lowest BCUT2D eigenvalue weighted by Crippen LogP contribution is -1.78. The summed E-state index contributed by atoms with van der Waals surface area (Å²) in [4.78, 5) is 3.33. The fraction of sp³-hybridized carbons (Fsp3) is 0.0667. The predicted molar refractivity (Wildman–Crippen MR) is 68.5 cm³/mol. The van der Waals surface area contributed by atoms with Crippen molar-refractivity contribution in [2.45, 2.75) is 6.92 Å². The zero-order chi connectivity index (χ0) is 11.0. The number of H-pyrrole nitrogens is 1. The smallest absolute Gasteiger partial charge is 0.0463 e. The second-order valence-corrected chi connectivity index (χ2v) is 4.07.